The molecule has 1 N–H and O–H groups in total. The van der Waals surface area contributed by atoms with Gasteiger partial charge in [0.1, 0.15) is 5.52 Å². The molecule has 0 atom stereocenters. The van der Waals surface area contributed by atoms with Crippen molar-refractivity contribution in [1.82, 2.24) is 30.0 Å². The minimum absolute atomic E-state index is 0.0945. The molecule has 156 valence electrons. The van der Waals surface area contributed by atoms with E-state index >= 15 is 0 Å². The topological polar surface area (TPSA) is 98.1 Å². The van der Waals surface area contributed by atoms with Crippen LogP contribution >= 0.6 is 0 Å². The molecule has 2 fully saturated rings. The summed E-state index contributed by atoms with van der Waals surface area (Å²) < 4.78 is 7.56. The second-order valence-corrected chi connectivity index (χ2v) is 7.88. The second kappa shape index (κ2) is 8.35. The van der Waals surface area contributed by atoms with Crippen LogP contribution in [0.1, 0.15) is 42.1 Å². The Kier molecular flexibility index (Phi) is 5.27. The molecule has 1 amide bonds. The third kappa shape index (κ3) is 3.85. The fourth-order valence-corrected chi connectivity index (χ4v) is 4.26. The Morgan fingerprint density at radius 2 is 1.97 bits per heavy atom. The number of hydrogen-bond acceptors (Lipinski definition) is 7. The van der Waals surface area contributed by atoms with Gasteiger partial charge in [0.2, 0.25) is 0 Å². The summed E-state index contributed by atoms with van der Waals surface area (Å²) in [6.45, 7) is 3.22. The summed E-state index contributed by atoms with van der Waals surface area (Å²) in [6, 6.07) is 6.19. The van der Waals surface area contributed by atoms with Gasteiger partial charge >= 0.3 is 0 Å². The number of rotatable bonds is 4. The predicted octanol–water partition coefficient (Wildman–Crippen LogP) is 1.97. The van der Waals surface area contributed by atoms with Crippen molar-refractivity contribution in [3.8, 4) is 0 Å². The van der Waals surface area contributed by atoms with Crippen LogP contribution in [0.15, 0.2) is 36.9 Å². The fraction of sp³-hybridized carbons (Fsp3) is 0.476. The van der Waals surface area contributed by atoms with Crippen molar-refractivity contribution in [2.24, 2.45) is 0 Å². The number of ether oxygens (including phenoxy) is 1. The number of aromatic nitrogens is 5. The number of pyridine rings is 1. The van der Waals surface area contributed by atoms with E-state index in [0.717, 1.165) is 69.0 Å². The number of carbonyl (C=O) groups is 1. The fourth-order valence-electron chi connectivity index (χ4n) is 4.26. The van der Waals surface area contributed by atoms with Gasteiger partial charge in [-0.2, -0.15) is 5.10 Å². The lowest BCUT2D eigenvalue weighted by Crippen LogP contribution is -2.45. The first-order chi connectivity index (χ1) is 14.8. The van der Waals surface area contributed by atoms with Crippen LogP contribution in [-0.2, 0) is 4.74 Å². The number of nitrogens with zero attached hydrogens (tertiary/aromatic N) is 6. The molecular formula is C21H25N7O2. The highest BCUT2D eigenvalue weighted by Crippen LogP contribution is 2.25. The van der Waals surface area contributed by atoms with Crippen molar-refractivity contribution < 1.29 is 9.53 Å². The molecule has 30 heavy (non-hydrogen) atoms. The summed E-state index contributed by atoms with van der Waals surface area (Å²) in [5.41, 5.74) is 2.14. The number of amides is 1. The molecule has 3 aromatic rings. The largest absolute Gasteiger partial charge is 0.381 e. The average Bonchev–Trinajstić information content (AvgIpc) is 3.24. The van der Waals surface area contributed by atoms with E-state index in [9.17, 15) is 4.79 Å². The summed E-state index contributed by atoms with van der Waals surface area (Å²) in [4.78, 5) is 24.0. The van der Waals surface area contributed by atoms with E-state index in [2.05, 4.69) is 34.9 Å². The van der Waals surface area contributed by atoms with E-state index < -0.39 is 0 Å². The van der Waals surface area contributed by atoms with Gasteiger partial charge in [-0.1, -0.05) is 0 Å². The molecule has 0 radical (unpaired) electrons. The molecule has 9 nitrogen and oxygen atoms in total. The minimum atomic E-state index is -0.0945. The van der Waals surface area contributed by atoms with Gasteiger partial charge < -0.3 is 19.5 Å². The molecule has 0 saturated carbocycles. The zero-order valence-corrected chi connectivity index (χ0v) is 16.8. The summed E-state index contributed by atoms with van der Waals surface area (Å²) in [6.07, 6.45) is 8.83. The Balaban J connectivity index is 1.22. The van der Waals surface area contributed by atoms with E-state index in [0.29, 0.717) is 11.6 Å². The molecule has 0 spiro atoms. The van der Waals surface area contributed by atoms with Crippen LogP contribution in [0.25, 0.3) is 11.2 Å². The van der Waals surface area contributed by atoms with Gasteiger partial charge in [0, 0.05) is 50.8 Å². The Morgan fingerprint density at radius 1 is 1.13 bits per heavy atom. The lowest BCUT2D eigenvalue weighted by Gasteiger charge is -2.32. The number of carbonyl (C=O) groups excluding carboxylic acids is 1. The van der Waals surface area contributed by atoms with Crippen LogP contribution in [-0.4, -0.2) is 63.0 Å². The van der Waals surface area contributed by atoms with Crippen molar-refractivity contribution in [3.05, 3.63) is 42.5 Å². The first kappa shape index (κ1) is 18.9. The van der Waals surface area contributed by atoms with Gasteiger partial charge in [0.05, 0.1) is 11.9 Å². The van der Waals surface area contributed by atoms with Crippen LogP contribution in [0.2, 0.25) is 0 Å². The molecular weight excluding hydrogens is 382 g/mol. The highest BCUT2D eigenvalue weighted by molar-refractivity contribution is 5.96. The summed E-state index contributed by atoms with van der Waals surface area (Å²) >= 11 is 0. The third-order valence-electron chi connectivity index (χ3n) is 5.97. The maximum Gasteiger partial charge on any atom is 0.253 e. The normalized spacial score (nSPS) is 18.6. The summed E-state index contributed by atoms with van der Waals surface area (Å²) in [7, 11) is 0. The number of imidazole rings is 1. The Labute approximate surface area is 174 Å². The van der Waals surface area contributed by atoms with Crippen LogP contribution in [0.3, 0.4) is 0 Å². The van der Waals surface area contributed by atoms with E-state index in [1.54, 1.807) is 12.4 Å². The quantitative estimate of drug-likeness (QED) is 0.706. The van der Waals surface area contributed by atoms with Gasteiger partial charge in [0.15, 0.2) is 11.5 Å². The van der Waals surface area contributed by atoms with E-state index in [4.69, 9.17) is 4.74 Å². The molecule has 2 aliphatic heterocycles. The van der Waals surface area contributed by atoms with E-state index in [1.165, 1.54) is 0 Å². The summed E-state index contributed by atoms with van der Waals surface area (Å²) in [5.74, 6) is 0.792. The van der Waals surface area contributed by atoms with Gasteiger partial charge in [-0.3, -0.25) is 4.79 Å². The predicted molar refractivity (Wildman–Crippen MR) is 111 cm³/mol. The number of piperidine rings is 1. The Morgan fingerprint density at radius 3 is 2.73 bits per heavy atom. The molecule has 2 saturated heterocycles. The van der Waals surface area contributed by atoms with Gasteiger partial charge in [-0.05, 0) is 43.9 Å². The first-order valence-electron chi connectivity index (χ1n) is 10.5. The van der Waals surface area contributed by atoms with Gasteiger partial charge in [0.25, 0.3) is 5.91 Å². The SMILES string of the molecule is O=C(NC1CCN(c2cccnn2)CC1)c1cnc2c(c1)ncn2C1CCOCC1. The maximum atomic E-state index is 12.8. The lowest BCUT2D eigenvalue weighted by molar-refractivity contribution is 0.0704. The average molecular weight is 407 g/mol. The Hall–Kier alpha value is -3.07. The summed E-state index contributed by atoms with van der Waals surface area (Å²) in [5, 5.41) is 11.3. The third-order valence-corrected chi connectivity index (χ3v) is 5.97. The molecule has 0 unspecified atom stereocenters. The molecule has 5 heterocycles. The lowest BCUT2D eigenvalue weighted by atomic mass is 10.0. The van der Waals surface area contributed by atoms with Gasteiger partial charge in [-0.15, -0.1) is 5.10 Å². The first-order valence-corrected chi connectivity index (χ1v) is 10.5. The second-order valence-electron chi connectivity index (χ2n) is 7.88. The highest BCUT2D eigenvalue weighted by Gasteiger charge is 2.23. The van der Waals surface area contributed by atoms with Crippen LogP contribution in [0, 0.1) is 0 Å². The number of fused-ring (bicyclic) bond motifs is 1. The number of anilines is 1. The monoisotopic (exact) mass is 407 g/mol. The van der Waals surface area contributed by atoms with Crippen molar-refractivity contribution >= 4 is 22.9 Å². The van der Waals surface area contributed by atoms with Crippen LogP contribution in [0.4, 0.5) is 5.82 Å². The molecule has 2 aliphatic rings. The van der Waals surface area contributed by atoms with Crippen molar-refractivity contribution in [2.45, 2.75) is 37.8 Å². The smallest absolute Gasteiger partial charge is 0.253 e. The molecule has 0 bridgehead atoms. The number of nitrogens with one attached hydrogen (secondary N) is 1. The molecule has 5 rings (SSSR count). The molecule has 3 aromatic heterocycles. The van der Waals surface area contributed by atoms with E-state index in [-0.39, 0.29) is 11.9 Å². The molecule has 9 heteroatoms. The highest BCUT2D eigenvalue weighted by atomic mass is 16.5. The van der Waals surface area contributed by atoms with Crippen LogP contribution < -0.4 is 10.2 Å². The standard InChI is InChI=1S/C21H25N7O2/c29-21(25-16-3-8-27(9-4-16)19-2-1-7-24-26-19)15-12-18-20(22-13-15)28(14-23-18)17-5-10-30-11-6-17/h1-2,7,12-14,16-17H,3-6,8-11H2,(H,25,29). The zero-order valence-electron chi connectivity index (χ0n) is 16.8. The van der Waals surface area contributed by atoms with Crippen molar-refractivity contribution in [1.29, 1.82) is 0 Å². The van der Waals surface area contributed by atoms with E-state index in [1.807, 2.05) is 24.5 Å². The Bertz CT molecular complexity index is 1010. The zero-order chi connectivity index (χ0) is 20.3. The maximum absolute atomic E-state index is 12.8. The minimum Gasteiger partial charge on any atom is -0.381 e. The van der Waals surface area contributed by atoms with Crippen molar-refractivity contribution in [2.75, 3.05) is 31.2 Å². The van der Waals surface area contributed by atoms with Gasteiger partial charge in [-0.25, -0.2) is 9.97 Å². The number of hydrogen-bond donors (Lipinski definition) is 1. The molecule has 0 aromatic carbocycles. The van der Waals surface area contributed by atoms with Crippen LogP contribution in [0.5, 0.6) is 0 Å². The van der Waals surface area contributed by atoms with Crippen molar-refractivity contribution in [3.63, 3.8) is 0 Å². The molecule has 0 aliphatic carbocycles.